The largest absolute Gasteiger partial charge is 0.396 e. The quantitative estimate of drug-likeness (QED) is 0.914. The van der Waals surface area contributed by atoms with Crippen LogP contribution in [0.4, 0.5) is 10.1 Å². The first-order chi connectivity index (χ1) is 11.6. The van der Waals surface area contributed by atoms with Crippen molar-refractivity contribution in [3.05, 3.63) is 35.8 Å². The van der Waals surface area contributed by atoms with E-state index in [1.165, 1.54) is 6.07 Å². The number of anilines is 1. The molecule has 1 N–H and O–H groups in total. The van der Waals surface area contributed by atoms with Gasteiger partial charge in [-0.1, -0.05) is 0 Å². The lowest BCUT2D eigenvalue weighted by atomic mass is 10.0. The van der Waals surface area contributed by atoms with E-state index in [2.05, 4.69) is 27.9 Å². The molecule has 0 unspecified atom stereocenters. The normalized spacial score (nSPS) is 16.3. The van der Waals surface area contributed by atoms with E-state index in [9.17, 15) is 4.39 Å². The molecule has 3 rings (SSSR count). The van der Waals surface area contributed by atoms with Crippen LogP contribution < -0.4 is 4.90 Å². The third-order valence-electron chi connectivity index (χ3n) is 4.97. The molecule has 1 saturated heterocycles. The van der Waals surface area contributed by atoms with Gasteiger partial charge in [-0.3, -0.25) is 4.98 Å². The van der Waals surface area contributed by atoms with Crippen LogP contribution in [0, 0.1) is 12.7 Å². The zero-order valence-corrected chi connectivity index (χ0v) is 14.5. The smallest absolute Gasteiger partial charge is 0.124 e. The third-order valence-corrected chi connectivity index (χ3v) is 4.97. The van der Waals surface area contributed by atoms with E-state index in [1.807, 2.05) is 6.92 Å². The number of benzene rings is 1. The van der Waals surface area contributed by atoms with Gasteiger partial charge in [-0.15, -0.1) is 0 Å². The number of aliphatic hydroxyl groups excluding tert-OH is 1. The van der Waals surface area contributed by atoms with Crippen molar-refractivity contribution in [1.82, 2.24) is 9.88 Å². The lowest BCUT2D eigenvalue weighted by Crippen LogP contribution is -2.44. The van der Waals surface area contributed by atoms with Crippen molar-refractivity contribution in [3.8, 4) is 0 Å². The van der Waals surface area contributed by atoms with Crippen molar-refractivity contribution in [2.24, 2.45) is 0 Å². The number of piperidine rings is 1. The molecule has 0 atom stereocenters. The fraction of sp³-hybridized carbons (Fsp3) is 0.526. The second-order valence-corrected chi connectivity index (χ2v) is 6.72. The van der Waals surface area contributed by atoms with E-state index in [0.29, 0.717) is 6.04 Å². The average Bonchev–Trinajstić information content (AvgIpc) is 2.59. The lowest BCUT2D eigenvalue weighted by Gasteiger charge is -2.38. The fourth-order valence-corrected chi connectivity index (χ4v) is 3.62. The van der Waals surface area contributed by atoms with Crippen LogP contribution in [-0.4, -0.2) is 54.3 Å². The molecular weight excluding hydrogens is 305 g/mol. The zero-order valence-electron chi connectivity index (χ0n) is 14.5. The van der Waals surface area contributed by atoms with Crippen molar-refractivity contribution in [1.29, 1.82) is 0 Å². The molecule has 1 fully saturated rings. The molecule has 5 heteroatoms. The van der Waals surface area contributed by atoms with Crippen LogP contribution in [0.3, 0.4) is 0 Å². The first-order valence-corrected chi connectivity index (χ1v) is 8.71. The van der Waals surface area contributed by atoms with Crippen LogP contribution in [-0.2, 0) is 0 Å². The first-order valence-electron chi connectivity index (χ1n) is 8.71. The highest BCUT2D eigenvalue weighted by Gasteiger charge is 2.23. The molecule has 130 valence electrons. The van der Waals surface area contributed by atoms with Crippen LogP contribution in [0.5, 0.6) is 0 Å². The second kappa shape index (κ2) is 7.45. The van der Waals surface area contributed by atoms with E-state index in [-0.39, 0.29) is 12.4 Å². The van der Waals surface area contributed by atoms with Gasteiger partial charge in [-0.2, -0.15) is 0 Å². The minimum Gasteiger partial charge on any atom is -0.396 e. The maximum Gasteiger partial charge on any atom is 0.124 e. The van der Waals surface area contributed by atoms with Gasteiger partial charge in [0, 0.05) is 49.1 Å². The summed E-state index contributed by atoms with van der Waals surface area (Å²) >= 11 is 0. The van der Waals surface area contributed by atoms with E-state index in [0.717, 1.165) is 61.2 Å². The van der Waals surface area contributed by atoms with Gasteiger partial charge >= 0.3 is 0 Å². The predicted molar refractivity (Wildman–Crippen MR) is 96.0 cm³/mol. The van der Waals surface area contributed by atoms with Crippen molar-refractivity contribution in [2.45, 2.75) is 32.2 Å². The Bertz CT molecular complexity index is 698. The van der Waals surface area contributed by atoms with Crippen molar-refractivity contribution in [2.75, 3.05) is 38.2 Å². The summed E-state index contributed by atoms with van der Waals surface area (Å²) in [6.07, 6.45) is 2.99. The average molecular weight is 331 g/mol. The summed E-state index contributed by atoms with van der Waals surface area (Å²) < 4.78 is 13.7. The number of pyridine rings is 1. The Morgan fingerprint density at radius 1 is 1.29 bits per heavy atom. The van der Waals surface area contributed by atoms with Gasteiger partial charge in [0.2, 0.25) is 0 Å². The molecule has 1 aromatic heterocycles. The number of aryl methyl sites for hydroxylation is 1. The highest BCUT2D eigenvalue weighted by Crippen LogP contribution is 2.30. The summed E-state index contributed by atoms with van der Waals surface area (Å²) in [5.74, 6) is -0.215. The molecule has 0 bridgehead atoms. The van der Waals surface area contributed by atoms with E-state index < -0.39 is 0 Å². The van der Waals surface area contributed by atoms with Crippen molar-refractivity contribution >= 4 is 16.6 Å². The number of halogens is 1. The number of fused-ring (bicyclic) bond motifs is 1. The lowest BCUT2D eigenvalue weighted by molar-refractivity contribution is 0.184. The first kappa shape index (κ1) is 17.1. The monoisotopic (exact) mass is 331 g/mol. The minimum atomic E-state index is -0.215. The van der Waals surface area contributed by atoms with Crippen LogP contribution in [0.2, 0.25) is 0 Å². The minimum absolute atomic E-state index is 0.215. The maximum atomic E-state index is 13.7. The Morgan fingerprint density at radius 3 is 2.75 bits per heavy atom. The molecule has 2 heterocycles. The Balaban J connectivity index is 1.77. The van der Waals surface area contributed by atoms with Gasteiger partial charge in [0.05, 0.1) is 5.52 Å². The van der Waals surface area contributed by atoms with Crippen molar-refractivity contribution < 1.29 is 9.50 Å². The molecule has 24 heavy (non-hydrogen) atoms. The molecular formula is C19H26FN3O. The van der Waals surface area contributed by atoms with Crippen LogP contribution in [0.15, 0.2) is 24.3 Å². The van der Waals surface area contributed by atoms with Gasteiger partial charge in [0.1, 0.15) is 5.82 Å². The molecule has 0 aliphatic carbocycles. The summed E-state index contributed by atoms with van der Waals surface area (Å²) in [5, 5.41) is 9.88. The summed E-state index contributed by atoms with van der Waals surface area (Å²) in [5.41, 5.74) is 2.91. The van der Waals surface area contributed by atoms with E-state index in [4.69, 9.17) is 5.11 Å². The summed E-state index contributed by atoms with van der Waals surface area (Å²) in [4.78, 5) is 9.23. The molecule has 0 spiro atoms. The topological polar surface area (TPSA) is 39.6 Å². The third kappa shape index (κ3) is 3.68. The second-order valence-electron chi connectivity index (χ2n) is 6.72. The Hall–Kier alpha value is -1.72. The fourth-order valence-electron chi connectivity index (χ4n) is 3.62. The molecule has 1 aliphatic rings. The molecule has 0 saturated carbocycles. The van der Waals surface area contributed by atoms with E-state index in [1.54, 1.807) is 12.1 Å². The van der Waals surface area contributed by atoms with Gasteiger partial charge < -0.3 is 14.9 Å². The van der Waals surface area contributed by atoms with Gasteiger partial charge in [-0.25, -0.2) is 4.39 Å². The van der Waals surface area contributed by atoms with Crippen molar-refractivity contribution in [3.63, 3.8) is 0 Å². The summed E-state index contributed by atoms with van der Waals surface area (Å²) in [7, 11) is 2.14. The van der Waals surface area contributed by atoms with Gasteiger partial charge in [0.15, 0.2) is 0 Å². The summed E-state index contributed by atoms with van der Waals surface area (Å²) in [6, 6.07) is 7.45. The van der Waals surface area contributed by atoms with Crippen LogP contribution in [0.1, 0.15) is 25.0 Å². The molecule has 0 radical (unpaired) electrons. The maximum absolute atomic E-state index is 13.7. The van der Waals surface area contributed by atoms with E-state index >= 15 is 0 Å². The standard InChI is InChI=1S/C19H26FN3O/c1-14-12-19(17-13-15(20)4-5-18(17)21-14)23-9-6-16(7-10-23)22(2)8-3-11-24/h4-5,12-13,16,24H,3,6-11H2,1-2H3. The Morgan fingerprint density at radius 2 is 2.04 bits per heavy atom. The molecule has 0 amide bonds. The highest BCUT2D eigenvalue weighted by atomic mass is 19.1. The number of aromatic nitrogens is 1. The Kier molecular flexibility index (Phi) is 5.31. The number of hydrogen-bond acceptors (Lipinski definition) is 4. The molecule has 1 aromatic carbocycles. The highest BCUT2D eigenvalue weighted by molar-refractivity contribution is 5.92. The molecule has 1 aliphatic heterocycles. The molecule has 4 nitrogen and oxygen atoms in total. The van der Waals surface area contributed by atoms with Crippen LogP contribution in [0.25, 0.3) is 10.9 Å². The number of hydrogen-bond donors (Lipinski definition) is 1. The predicted octanol–water partition coefficient (Wildman–Crippen LogP) is 2.97. The number of rotatable bonds is 5. The number of aliphatic hydroxyl groups is 1. The number of nitrogens with zero attached hydrogens (tertiary/aromatic N) is 3. The zero-order chi connectivity index (χ0) is 17.1. The SMILES string of the molecule is Cc1cc(N2CCC(N(C)CCCO)CC2)c2cc(F)ccc2n1. The van der Waals surface area contributed by atoms with Gasteiger partial charge in [-0.05, 0) is 57.5 Å². The van der Waals surface area contributed by atoms with Crippen LogP contribution >= 0.6 is 0 Å². The van der Waals surface area contributed by atoms with Gasteiger partial charge in [0.25, 0.3) is 0 Å². The molecule has 2 aromatic rings. The Labute approximate surface area is 142 Å². The summed E-state index contributed by atoms with van der Waals surface area (Å²) in [6.45, 7) is 5.09.